The van der Waals surface area contributed by atoms with Gasteiger partial charge in [-0.3, -0.25) is 9.59 Å². The van der Waals surface area contributed by atoms with E-state index in [2.05, 4.69) is 5.32 Å². The first-order chi connectivity index (χ1) is 19.9. The van der Waals surface area contributed by atoms with Crippen molar-refractivity contribution < 1.29 is 59.0 Å². The van der Waals surface area contributed by atoms with Crippen LogP contribution < -0.4 is 5.32 Å². The van der Waals surface area contributed by atoms with Gasteiger partial charge in [-0.05, 0) is 48.5 Å². The van der Waals surface area contributed by atoms with Crippen LogP contribution >= 0.6 is 0 Å². The van der Waals surface area contributed by atoms with E-state index in [1.807, 2.05) is 0 Å². The third-order valence-electron chi connectivity index (χ3n) is 6.46. The first-order valence-corrected chi connectivity index (χ1v) is 12.2. The second-order valence-electron chi connectivity index (χ2n) is 9.17. The Hall–Kier alpha value is -5.79. The number of rotatable bonds is 7. The molecule has 2 atom stereocenters. The first kappa shape index (κ1) is 29.2. The first-order valence-electron chi connectivity index (χ1n) is 12.2. The average Bonchev–Trinajstić information content (AvgIpc) is 3.33. The molecule has 6 N–H and O–H groups in total. The van der Waals surface area contributed by atoms with E-state index in [4.69, 9.17) is 9.47 Å². The van der Waals surface area contributed by atoms with Gasteiger partial charge in [0.05, 0.1) is 36.4 Å². The van der Waals surface area contributed by atoms with Gasteiger partial charge in [0.1, 0.15) is 34.7 Å². The highest BCUT2D eigenvalue weighted by Gasteiger charge is 2.40. The fourth-order valence-electron chi connectivity index (χ4n) is 4.42. The minimum Gasteiger partial charge on any atom is -0.508 e. The number of ketones is 1. The molecule has 1 aliphatic rings. The summed E-state index contributed by atoms with van der Waals surface area (Å²) in [6, 6.07) is 9.31. The SMILES string of the molecule is COC(=O)N1C[C@@H](NC(=O)c2ccc(O)cc2)[C@H](OC(=O)c2cc(O)c(C(=O)c3c(O)cccc3C(=O)O)c(O)c2)C1. The number of hydrogen-bond donors (Lipinski definition) is 6. The molecule has 0 radical (unpaired) electrons. The van der Waals surface area contributed by atoms with E-state index in [9.17, 15) is 49.5 Å². The van der Waals surface area contributed by atoms with E-state index in [0.29, 0.717) is 0 Å². The van der Waals surface area contributed by atoms with E-state index < -0.39 is 81.4 Å². The zero-order chi connectivity index (χ0) is 30.7. The number of carbonyl (C=O) groups excluding carboxylic acids is 4. The van der Waals surface area contributed by atoms with Gasteiger partial charge in [-0.25, -0.2) is 14.4 Å². The Balaban J connectivity index is 1.58. The van der Waals surface area contributed by atoms with Crippen LogP contribution in [0.4, 0.5) is 4.79 Å². The number of phenols is 4. The summed E-state index contributed by atoms with van der Waals surface area (Å²) in [6.07, 6.45) is -1.86. The molecule has 218 valence electrons. The second kappa shape index (κ2) is 11.8. The van der Waals surface area contributed by atoms with Crippen LogP contribution in [0, 0.1) is 0 Å². The van der Waals surface area contributed by atoms with Crippen molar-refractivity contribution >= 4 is 29.7 Å². The van der Waals surface area contributed by atoms with E-state index >= 15 is 0 Å². The highest BCUT2D eigenvalue weighted by atomic mass is 16.6. The molecule has 1 fully saturated rings. The molecule has 14 nitrogen and oxygen atoms in total. The Morgan fingerprint density at radius 3 is 2.07 bits per heavy atom. The number of methoxy groups -OCH3 is 1. The molecule has 0 bridgehead atoms. The lowest BCUT2D eigenvalue weighted by Gasteiger charge is -2.20. The summed E-state index contributed by atoms with van der Waals surface area (Å²) in [6.45, 7) is -0.274. The number of amides is 2. The molecule has 2 amide bonds. The lowest BCUT2D eigenvalue weighted by molar-refractivity contribution is 0.0264. The van der Waals surface area contributed by atoms with Gasteiger partial charge in [0.2, 0.25) is 5.78 Å². The van der Waals surface area contributed by atoms with Crippen molar-refractivity contribution in [3.05, 3.63) is 82.4 Å². The van der Waals surface area contributed by atoms with Gasteiger partial charge >= 0.3 is 18.0 Å². The lowest BCUT2D eigenvalue weighted by atomic mass is 9.95. The summed E-state index contributed by atoms with van der Waals surface area (Å²) in [4.78, 5) is 63.6. The molecular formula is C28H24N2O12. The summed E-state index contributed by atoms with van der Waals surface area (Å²) in [5.41, 5.74) is -2.28. The molecule has 3 aromatic rings. The quantitative estimate of drug-likeness (QED) is 0.174. The number of carboxylic acid groups (broad SMARTS) is 1. The number of esters is 1. The summed E-state index contributed by atoms with van der Waals surface area (Å²) < 4.78 is 10.2. The standard InChI is InChI=1S/C28H24N2O12/c1-41-28(40)30-11-17(29-25(36)13-5-7-15(31)8-6-13)21(12-30)42-27(39)14-9-19(33)23(20(34)10-14)24(35)22-16(26(37)38)3-2-4-18(22)32/h2-10,17,21,31-34H,11-12H2,1H3,(H,29,36)(H,37,38)/t17-,21-/m1/s1. The average molecular weight is 581 g/mol. The molecular weight excluding hydrogens is 556 g/mol. The fraction of sp³-hybridized carbons (Fsp3) is 0.179. The Bertz CT molecular complexity index is 1560. The predicted octanol–water partition coefficient (Wildman–Crippen LogP) is 1.84. The molecule has 1 aliphatic heterocycles. The molecule has 42 heavy (non-hydrogen) atoms. The van der Waals surface area contributed by atoms with Gasteiger partial charge in [0.25, 0.3) is 5.91 Å². The van der Waals surface area contributed by atoms with Crippen LogP contribution in [-0.2, 0) is 9.47 Å². The number of benzene rings is 3. The van der Waals surface area contributed by atoms with Crippen LogP contribution in [-0.4, -0.2) is 92.5 Å². The van der Waals surface area contributed by atoms with Crippen LogP contribution in [0.25, 0.3) is 0 Å². The van der Waals surface area contributed by atoms with Gasteiger partial charge in [-0.2, -0.15) is 0 Å². The van der Waals surface area contributed by atoms with Crippen molar-refractivity contribution in [1.82, 2.24) is 10.2 Å². The number of likely N-dealkylation sites (tertiary alicyclic amines) is 1. The minimum atomic E-state index is -1.54. The number of nitrogens with zero attached hydrogens (tertiary/aromatic N) is 1. The van der Waals surface area contributed by atoms with E-state index in [0.717, 1.165) is 31.4 Å². The number of aromatic carboxylic acids is 1. The predicted molar refractivity (Wildman–Crippen MR) is 141 cm³/mol. The number of nitrogens with one attached hydrogen (secondary N) is 1. The van der Waals surface area contributed by atoms with Crippen molar-refractivity contribution in [2.75, 3.05) is 20.2 Å². The maximum Gasteiger partial charge on any atom is 0.409 e. The van der Waals surface area contributed by atoms with Crippen LogP contribution in [0.5, 0.6) is 23.0 Å². The molecule has 1 heterocycles. The molecule has 0 spiro atoms. The van der Waals surface area contributed by atoms with Crippen LogP contribution in [0.1, 0.15) is 47.0 Å². The van der Waals surface area contributed by atoms with Crippen molar-refractivity contribution in [3.63, 3.8) is 0 Å². The van der Waals surface area contributed by atoms with Gasteiger partial charge in [-0.1, -0.05) is 6.07 Å². The Morgan fingerprint density at radius 1 is 0.833 bits per heavy atom. The number of aromatic hydroxyl groups is 4. The second-order valence-corrected chi connectivity index (χ2v) is 9.17. The summed E-state index contributed by atoms with van der Waals surface area (Å²) in [5, 5.41) is 52.7. The number of hydrogen-bond acceptors (Lipinski definition) is 11. The van der Waals surface area contributed by atoms with E-state index in [1.165, 1.54) is 35.2 Å². The molecule has 1 saturated heterocycles. The lowest BCUT2D eigenvalue weighted by Crippen LogP contribution is -2.44. The molecule has 0 aromatic heterocycles. The zero-order valence-corrected chi connectivity index (χ0v) is 21.8. The van der Waals surface area contributed by atoms with Gasteiger partial charge < -0.3 is 45.2 Å². The van der Waals surface area contributed by atoms with Crippen LogP contribution in [0.2, 0.25) is 0 Å². The van der Waals surface area contributed by atoms with Gasteiger partial charge in [-0.15, -0.1) is 0 Å². The third kappa shape index (κ3) is 5.86. The van der Waals surface area contributed by atoms with Crippen LogP contribution in [0.15, 0.2) is 54.6 Å². The fourth-order valence-corrected chi connectivity index (χ4v) is 4.42. The van der Waals surface area contributed by atoms with Gasteiger partial charge in [0.15, 0.2) is 0 Å². The minimum absolute atomic E-state index is 0.0572. The Labute approximate surface area is 237 Å². The summed E-state index contributed by atoms with van der Waals surface area (Å²) in [5.74, 6) is -7.04. The van der Waals surface area contributed by atoms with Crippen LogP contribution in [0.3, 0.4) is 0 Å². The highest BCUT2D eigenvalue weighted by Crippen LogP contribution is 2.35. The number of phenolic OH excluding ortho intramolecular Hbond substituents is 4. The van der Waals surface area contributed by atoms with Crippen molar-refractivity contribution in [3.8, 4) is 23.0 Å². The normalized spacial score (nSPS) is 16.0. The van der Waals surface area contributed by atoms with E-state index in [-0.39, 0.29) is 24.4 Å². The Kier molecular flexibility index (Phi) is 8.17. The van der Waals surface area contributed by atoms with Crippen molar-refractivity contribution in [2.24, 2.45) is 0 Å². The topological polar surface area (TPSA) is 220 Å². The highest BCUT2D eigenvalue weighted by molar-refractivity contribution is 6.18. The largest absolute Gasteiger partial charge is 0.508 e. The van der Waals surface area contributed by atoms with Crippen molar-refractivity contribution in [2.45, 2.75) is 12.1 Å². The summed E-state index contributed by atoms with van der Waals surface area (Å²) in [7, 11) is 1.15. The third-order valence-corrected chi connectivity index (χ3v) is 6.46. The monoisotopic (exact) mass is 580 g/mol. The van der Waals surface area contributed by atoms with E-state index in [1.54, 1.807) is 0 Å². The Morgan fingerprint density at radius 2 is 1.48 bits per heavy atom. The van der Waals surface area contributed by atoms with Gasteiger partial charge in [0, 0.05) is 12.1 Å². The molecule has 14 heteroatoms. The molecule has 3 aromatic carbocycles. The smallest absolute Gasteiger partial charge is 0.409 e. The number of ether oxygens (including phenoxy) is 2. The number of carbonyl (C=O) groups is 5. The van der Waals surface area contributed by atoms with Crippen molar-refractivity contribution in [1.29, 1.82) is 0 Å². The molecule has 4 rings (SSSR count). The maximum absolute atomic E-state index is 13.0. The number of carboxylic acids is 1. The maximum atomic E-state index is 13.0. The molecule has 0 aliphatic carbocycles. The molecule has 0 saturated carbocycles. The zero-order valence-electron chi connectivity index (χ0n) is 21.8. The summed E-state index contributed by atoms with van der Waals surface area (Å²) >= 11 is 0. The molecule has 0 unspecified atom stereocenters.